The smallest absolute Gasteiger partial charge is 0.247 e. The maximum Gasteiger partial charge on any atom is 0.247 e. The highest BCUT2D eigenvalue weighted by atomic mass is 16.5. The fourth-order valence-electron chi connectivity index (χ4n) is 4.78. The number of amides is 2. The van der Waals surface area contributed by atoms with Gasteiger partial charge in [0, 0.05) is 19.7 Å². The molecule has 0 aliphatic carbocycles. The molecule has 0 spiro atoms. The number of rotatable bonds is 10. The van der Waals surface area contributed by atoms with Gasteiger partial charge in [-0.15, -0.1) is 5.10 Å². The summed E-state index contributed by atoms with van der Waals surface area (Å²) < 4.78 is 12.9. The first-order chi connectivity index (χ1) is 18.6. The van der Waals surface area contributed by atoms with E-state index in [1.54, 1.807) is 22.8 Å². The lowest BCUT2D eigenvalue weighted by Crippen LogP contribution is -2.47. The van der Waals surface area contributed by atoms with Crippen LogP contribution in [0.15, 0.2) is 78.9 Å². The number of hydrogen-bond acceptors (Lipinski definition) is 6. The summed E-state index contributed by atoms with van der Waals surface area (Å²) in [6, 6.07) is 23.6. The molecule has 1 aromatic heterocycles. The fraction of sp³-hybridized carbons (Fsp3) is 0.310. The van der Waals surface area contributed by atoms with Crippen molar-refractivity contribution in [2.24, 2.45) is 0 Å². The number of aromatic nitrogens is 3. The van der Waals surface area contributed by atoms with Crippen LogP contribution in [0.1, 0.15) is 30.0 Å². The molecule has 1 aliphatic rings. The molecule has 0 bridgehead atoms. The molecule has 2 heterocycles. The zero-order valence-corrected chi connectivity index (χ0v) is 21.3. The Bertz CT molecular complexity index is 1380. The lowest BCUT2D eigenvalue weighted by Gasteiger charge is -2.33. The van der Waals surface area contributed by atoms with Crippen LogP contribution in [0.2, 0.25) is 0 Å². The predicted molar refractivity (Wildman–Crippen MR) is 142 cm³/mol. The van der Waals surface area contributed by atoms with Crippen LogP contribution in [0.25, 0.3) is 11.0 Å². The summed E-state index contributed by atoms with van der Waals surface area (Å²) in [6.45, 7) is 1.21. The van der Waals surface area contributed by atoms with Gasteiger partial charge in [0.1, 0.15) is 23.9 Å². The third kappa shape index (κ3) is 5.84. The van der Waals surface area contributed by atoms with Gasteiger partial charge in [0.2, 0.25) is 11.8 Å². The number of carbonyl (C=O) groups is 2. The van der Waals surface area contributed by atoms with Crippen molar-refractivity contribution in [3.8, 4) is 5.75 Å². The minimum atomic E-state index is -0.889. The minimum Gasteiger partial charge on any atom is -0.497 e. The normalized spacial score (nSPS) is 15.8. The van der Waals surface area contributed by atoms with E-state index < -0.39 is 6.04 Å². The van der Waals surface area contributed by atoms with Gasteiger partial charge in [-0.2, -0.15) is 0 Å². The maximum absolute atomic E-state index is 14.0. The lowest BCUT2D eigenvalue weighted by molar-refractivity contribution is -0.143. The monoisotopic (exact) mass is 513 g/mol. The molecular formula is C29H31N5O4. The Morgan fingerprint density at radius 1 is 1.11 bits per heavy atom. The van der Waals surface area contributed by atoms with Crippen LogP contribution in [0, 0.1) is 0 Å². The molecule has 4 aromatic rings. The molecule has 3 aromatic carbocycles. The predicted octanol–water partition coefficient (Wildman–Crippen LogP) is 3.51. The van der Waals surface area contributed by atoms with Gasteiger partial charge in [-0.25, -0.2) is 4.68 Å². The standard InChI is InChI=1S/C29H31N5O4/c1-37-23-12-7-11-22(17-23)28(29(36)30-18-21-9-3-2-4-10-21)33(19-24-13-8-16-38-24)27(35)20-34-26-15-6-5-14-25(26)31-32-34/h2-7,9-12,14-15,17,24,28H,8,13,16,18-20H2,1H3,(H,30,36)/t24-,28-/m1/s1. The summed E-state index contributed by atoms with van der Waals surface area (Å²) in [5.74, 6) is 0.0749. The van der Waals surface area contributed by atoms with Gasteiger partial charge < -0.3 is 19.7 Å². The summed E-state index contributed by atoms with van der Waals surface area (Å²) in [4.78, 5) is 29.4. The minimum absolute atomic E-state index is 0.0559. The van der Waals surface area contributed by atoms with E-state index in [9.17, 15) is 9.59 Å². The highest BCUT2D eigenvalue weighted by Gasteiger charge is 2.34. The van der Waals surface area contributed by atoms with E-state index in [-0.39, 0.29) is 31.0 Å². The van der Waals surface area contributed by atoms with E-state index >= 15 is 0 Å². The second-order valence-corrected chi connectivity index (χ2v) is 9.30. The van der Waals surface area contributed by atoms with Gasteiger partial charge in [0.25, 0.3) is 0 Å². The third-order valence-corrected chi connectivity index (χ3v) is 6.73. The summed E-state index contributed by atoms with van der Waals surface area (Å²) >= 11 is 0. The number of para-hydroxylation sites is 1. The Morgan fingerprint density at radius 2 is 1.92 bits per heavy atom. The molecule has 0 radical (unpaired) electrons. The topological polar surface area (TPSA) is 98.6 Å². The Hall–Kier alpha value is -4.24. The highest BCUT2D eigenvalue weighted by molar-refractivity contribution is 5.89. The van der Waals surface area contributed by atoms with Crippen molar-refractivity contribution < 1.29 is 19.1 Å². The first-order valence-electron chi connectivity index (χ1n) is 12.8. The Morgan fingerprint density at radius 3 is 2.71 bits per heavy atom. The van der Waals surface area contributed by atoms with Crippen molar-refractivity contribution in [1.29, 1.82) is 0 Å². The zero-order valence-electron chi connectivity index (χ0n) is 21.3. The number of nitrogens with one attached hydrogen (secondary N) is 1. The molecule has 1 fully saturated rings. The van der Waals surface area contributed by atoms with Gasteiger partial charge in [-0.1, -0.05) is 59.8 Å². The van der Waals surface area contributed by atoms with Crippen molar-refractivity contribution in [3.05, 3.63) is 90.0 Å². The zero-order chi connectivity index (χ0) is 26.3. The number of fused-ring (bicyclic) bond motifs is 1. The van der Waals surface area contributed by atoms with Crippen LogP contribution in [-0.2, 0) is 27.4 Å². The Kier molecular flexibility index (Phi) is 7.94. The van der Waals surface area contributed by atoms with Crippen LogP contribution in [0.5, 0.6) is 5.75 Å². The van der Waals surface area contributed by atoms with Crippen molar-refractivity contribution in [2.75, 3.05) is 20.3 Å². The van der Waals surface area contributed by atoms with Gasteiger partial charge in [0.05, 0.1) is 18.7 Å². The summed E-state index contributed by atoms with van der Waals surface area (Å²) in [5.41, 5.74) is 3.08. The number of benzene rings is 3. The van der Waals surface area contributed by atoms with Crippen molar-refractivity contribution in [1.82, 2.24) is 25.2 Å². The molecule has 9 heteroatoms. The van der Waals surface area contributed by atoms with Crippen LogP contribution in [0.4, 0.5) is 0 Å². The van der Waals surface area contributed by atoms with Gasteiger partial charge in [0.15, 0.2) is 0 Å². The summed E-state index contributed by atoms with van der Waals surface area (Å²) in [6.07, 6.45) is 1.60. The second-order valence-electron chi connectivity index (χ2n) is 9.30. The first-order valence-corrected chi connectivity index (χ1v) is 12.8. The SMILES string of the molecule is COc1cccc([C@H](C(=O)NCc2ccccc2)N(C[C@H]2CCCO2)C(=O)Cn2nnc3ccccc32)c1. The molecule has 38 heavy (non-hydrogen) atoms. The van der Waals surface area contributed by atoms with Crippen molar-refractivity contribution >= 4 is 22.8 Å². The van der Waals surface area contributed by atoms with Crippen LogP contribution in [0.3, 0.4) is 0 Å². The number of hydrogen-bond donors (Lipinski definition) is 1. The molecule has 9 nitrogen and oxygen atoms in total. The molecule has 2 amide bonds. The van der Waals surface area contributed by atoms with Gasteiger partial charge in [-0.05, 0) is 48.2 Å². The maximum atomic E-state index is 14.0. The van der Waals surface area contributed by atoms with Crippen LogP contribution in [-0.4, -0.2) is 58.1 Å². The van der Waals surface area contributed by atoms with E-state index in [1.165, 1.54) is 0 Å². The van der Waals surface area contributed by atoms with E-state index in [1.807, 2.05) is 72.8 Å². The fourth-order valence-corrected chi connectivity index (χ4v) is 4.78. The average molecular weight is 514 g/mol. The first kappa shape index (κ1) is 25.4. The summed E-state index contributed by atoms with van der Waals surface area (Å²) in [7, 11) is 1.58. The molecule has 1 aliphatic heterocycles. The molecule has 0 unspecified atom stereocenters. The number of carbonyl (C=O) groups excluding carboxylic acids is 2. The van der Waals surface area contributed by atoms with E-state index in [0.717, 1.165) is 23.9 Å². The van der Waals surface area contributed by atoms with Crippen LogP contribution < -0.4 is 10.1 Å². The molecular weight excluding hydrogens is 482 g/mol. The van der Waals surface area contributed by atoms with Crippen molar-refractivity contribution in [2.45, 2.75) is 38.1 Å². The highest BCUT2D eigenvalue weighted by Crippen LogP contribution is 2.28. The third-order valence-electron chi connectivity index (χ3n) is 6.73. The molecule has 2 atom stereocenters. The average Bonchev–Trinajstić information content (AvgIpc) is 3.62. The summed E-state index contributed by atoms with van der Waals surface area (Å²) in [5, 5.41) is 11.4. The van der Waals surface area contributed by atoms with E-state index in [0.29, 0.717) is 30.0 Å². The quantitative estimate of drug-likeness (QED) is 0.349. The molecule has 1 N–H and O–H groups in total. The molecule has 196 valence electrons. The molecule has 5 rings (SSSR count). The van der Waals surface area contributed by atoms with Gasteiger partial charge >= 0.3 is 0 Å². The largest absolute Gasteiger partial charge is 0.497 e. The lowest BCUT2D eigenvalue weighted by atomic mass is 10.0. The van der Waals surface area contributed by atoms with Crippen LogP contribution >= 0.6 is 0 Å². The van der Waals surface area contributed by atoms with E-state index in [4.69, 9.17) is 9.47 Å². The molecule has 1 saturated heterocycles. The van der Waals surface area contributed by atoms with Crippen molar-refractivity contribution in [3.63, 3.8) is 0 Å². The number of nitrogens with zero attached hydrogens (tertiary/aromatic N) is 4. The van der Waals surface area contributed by atoms with E-state index in [2.05, 4.69) is 15.6 Å². The van der Waals surface area contributed by atoms with Gasteiger partial charge in [-0.3, -0.25) is 9.59 Å². The number of methoxy groups -OCH3 is 1. The molecule has 0 saturated carbocycles. The Balaban J connectivity index is 1.48. The Labute approximate surface area is 221 Å². The number of ether oxygens (including phenoxy) is 2. The second kappa shape index (κ2) is 11.9.